The summed E-state index contributed by atoms with van der Waals surface area (Å²) in [5, 5.41) is 10.2. The highest BCUT2D eigenvalue weighted by molar-refractivity contribution is 9.08. The number of carbonyl (C=O) groups is 2. The van der Waals surface area contributed by atoms with Gasteiger partial charge in [-0.25, -0.2) is 0 Å². The quantitative estimate of drug-likeness (QED) is 0.0865. The molecule has 0 radical (unpaired) electrons. The van der Waals surface area contributed by atoms with E-state index in [1.54, 1.807) is 23.3 Å². The Kier molecular flexibility index (Phi) is 18.5. The van der Waals surface area contributed by atoms with Gasteiger partial charge in [0.2, 0.25) is 0 Å². The Balaban J connectivity index is 0.000000235. The van der Waals surface area contributed by atoms with Crippen LogP contribution in [0.2, 0.25) is 0 Å². The molecule has 4 aromatic carbocycles. The normalized spacial score (nSPS) is 16.8. The molecule has 7 heteroatoms. The number of ether oxygens (including phenoxy) is 3. The lowest BCUT2D eigenvalue weighted by molar-refractivity contribution is -0.141. The molecule has 0 aromatic heterocycles. The fraction of sp³-hybridized carbons (Fsp3) is 0.483. The third-order valence-corrected chi connectivity index (χ3v) is 14.0. The molecule has 0 aliphatic heterocycles. The number of phenolic OH excluding ortho intramolecular Hbond substituents is 1. The summed E-state index contributed by atoms with van der Waals surface area (Å²) in [4.78, 5) is 23.2. The molecule has 2 aliphatic rings. The van der Waals surface area contributed by atoms with E-state index in [9.17, 15) is 14.7 Å². The van der Waals surface area contributed by atoms with Gasteiger partial charge in [-0.05, 0) is 144 Å². The Morgan fingerprint density at radius 3 is 1.32 bits per heavy atom. The molecular weight excluding hydrogens is 873 g/mol. The standard InChI is InChI=1S/C29H38O3.C15H21Br.C14H18O3/c1-20(2)16-23(18-27(30)31-7)22-9-11-24(12-10-22)32-19-21-8-13-25-26(17-21)29(5,6)15-14-28(25,3)4;1-14(2)7-8-15(3,4)13-9-11(10-16)5-6-12(13)14;1-10(2)8-12(9-14(16)17-3)11-4-6-13(15)7-5-11/h8-13,16-17,23H,14-15,18-19H2,1-7H3;5-6,9H,7-8,10H2,1-4H3;4-8,12,15H,9H2,1-3H3/t23-;;12-/m1.1/s1. The minimum Gasteiger partial charge on any atom is -0.508 e. The van der Waals surface area contributed by atoms with Crippen molar-refractivity contribution in [2.24, 2.45) is 0 Å². The second kappa shape index (κ2) is 22.7. The molecule has 2 aliphatic carbocycles. The molecule has 4 aromatic rings. The van der Waals surface area contributed by atoms with Gasteiger partial charge in [0.05, 0.1) is 27.1 Å². The average molecular weight is 950 g/mol. The predicted molar refractivity (Wildman–Crippen MR) is 273 cm³/mol. The number of benzene rings is 4. The number of alkyl halides is 1. The summed E-state index contributed by atoms with van der Waals surface area (Å²) in [5.41, 5.74) is 14.1. The van der Waals surface area contributed by atoms with Gasteiger partial charge in [0, 0.05) is 17.2 Å². The number of carbonyl (C=O) groups excluding carboxylic acids is 2. The molecule has 0 saturated heterocycles. The van der Waals surface area contributed by atoms with Crippen molar-refractivity contribution in [3.63, 3.8) is 0 Å². The van der Waals surface area contributed by atoms with Crippen LogP contribution in [0.5, 0.6) is 11.5 Å². The van der Waals surface area contributed by atoms with Crippen molar-refractivity contribution in [1.29, 1.82) is 0 Å². The van der Waals surface area contributed by atoms with Gasteiger partial charge >= 0.3 is 11.9 Å². The Morgan fingerprint density at radius 1 is 0.569 bits per heavy atom. The highest BCUT2D eigenvalue weighted by Gasteiger charge is 2.38. The van der Waals surface area contributed by atoms with Gasteiger partial charge in [0.15, 0.2) is 0 Å². The van der Waals surface area contributed by atoms with Gasteiger partial charge in [0.25, 0.3) is 0 Å². The van der Waals surface area contributed by atoms with E-state index in [1.807, 2.05) is 70.2 Å². The van der Waals surface area contributed by atoms with Crippen LogP contribution in [0.3, 0.4) is 0 Å². The number of fused-ring (bicyclic) bond motifs is 2. The van der Waals surface area contributed by atoms with Gasteiger partial charge in [-0.15, -0.1) is 0 Å². The maximum absolute atomic E-state index is 11.8. The van der Waals surface area contributed by atoms with Crippen LogP contribution in [0.4, 0.5) is 0 Å². The Hall–Kier alpha value is -4.62. The van der Waals surface area contributed by atoms with E-state index < -0.39 is 0 Å². The highest BCUT2D eigenvalue weighted by Crippen LogP contribution is 2.47. The van der Waals surface area contributed by atoms with E-state index in [0.717, 1.165) is 27.8 Å². The SMILES string of the molecule is CC1(C)CCC(C)(C)c2cc(CBr)ccc21.COC(=O)C[C@@H](C=C(C)C)c1ccc(O)cc1.COC(=O)C[C@@H](C=C(C)C)c1ccc(OCc2ccc3c(c2)C(C)(C)CCC3(C)C)cc1. The molecule has 65 heavy (non-hydrogen) atoms. The Bertz CT molecular complexity index is 2270. The zero-order valence-corrected chi connectivity index (χ0v) is 43.5. The van der Waals surface area contributed by atoms with E-state index in [0.29, 0.717) is 30.3 Å². The van der Waals surface area contributed by atoms with Crippen molar-refractivity contribution in [1.82, 2.24) is 0 Å². The third-order valence-electron chi connectivity index (χ3n) is 13.3. The van der Waals surface area contributed by atoms with E-state index in [2.05, 4.69) is 119 Å². The van der Waals surface area contributed by atoms with Crippen LogP contribution in [-0.4, -0.2) is 31.3 Å². The van der Waals surface area contributed by atoms with E-state index >= 15 is 0 Å². The van der Waals surface area contributed by atoms with E-state index in [4.69, 9.17) is 9.47 Å². The van der Waals surface area contributed by atoms with Gasteiger partial charge < -0.3 is 19.3 Å². The summed E-state index contributed by atoms with van der Waals surface area (Å²) in [5.74, 6) is 0.621. The molecule has 1 N–H and O–H groups in total. The summed E-state index contributed by atoms with van der Waals surface area (Å²) in [6, 6.07) is 28.8. The molecule has 0 unspecified atom stereocenters. The van der Waals surface area contributed by atoms with Crippen LogP contribution < -0.4 is 4.74 Å². The maximum atomic E-state index is 11.8. The minimum absolute atomic E-state index is 0.00644. The number of methoxy groups -OCH3 is 2. The fourth-order valence-electron chi connectivity index (χ4n) is 9.02. The molecule has 0 saturated carbocycles. The van der Waals surface area contributed by atoms with Crippen molar-refractivity contribution in [3.8, 4) is 11.5 Å². The van der Waals surface area contributed by atoms with Crippen molar-refractivity contribution >= 4 is 27.9 Å². The first-order chi connectivity index (χ1) is 30.4. The van der Waals surface area contributed by atoms with Gasteiger partial charge in [-0.3, -0.25) is 9.59 Å². The fourth-order valence-corrected chi connectivity index (χ4v) is 9.37. The van der Waals surface area contributed by atoms with Crippen LogP contribution in [-0.2, 0) is 52.7 Å². The largest absolute Gasteiger partial charge is 0.508 e. The molecule has 6 rings (SSSR count). The zero-order chi connectivity index (χ0) is 48.3. The monoisotopic (exact) mass is 948 g/mol. The van der Waals surface area contributed by atoms with Crippen molar-refractivity contribution in [3.05, 3.63) is 153 Å². The first-order valence-corrected chi connectivity index (χ1v) is 24.3. The number of aromatic hydroxyl groups is 1. The lowest BCUT2D eigenvalue weighted by Crippen LogP contribution is -2.33. The average Bonchev–Trinajstić information content (AvgIpc) is 3.26. The highest BCUT2D eigenvalue weighted by atomic mass is 79.9. The number of halogens is 1. The van der Waals surface area contributed by atoms with Crippen LogP contribution in [0.1, 0.15) is 178 Å². The molecule has 0 spiro atoms. The van der Waals surface area contributed by atoms with Gasteiger partial charge in [-0.2, -0.15) is 0 Å². The van der Waals surface area contributed by atoms with Crippen LogP contribution in [0.15, 0.2) is 108 Å². The molecule has 0 fully saturated rings. The number of rotatable bonds is 12. The van der Waals surface area contributed by atoms with Gasteiger partial charge in [-0.1, -0.05) is 155 Å². The summed E-state index contributed by atoms with van der Waals surface area (Å²) in [7, 11) is 2.82. The number of hydrogen-bond acceptors (Lipinski definition) is 6. The molecule has 6 nitrogen and oxygen atoms in total. The summed E-state index contributed by atoms with van der Waals surface area (Å²) in [6.45, 7) is 27.5. The summed E-state index contributed by atoms with van der Waals surface area (Å²) >= 11 is 3.55. The zero-order valence-electron chi connectivity index (χ0n) is 41.9. The smallest absolute Gasteiger partial charge is 0.306 e. The van der Waals surface area contributed by atoms with Crippen molar-refractivity contribution in [2.75, 3.05) is 14.2 Å². The first-order valence-electron chi connectivity index (χ1n) is 23.2. The Morgan fingerprint density at radius 2 is 0.938 bits per heavy atom. The van der Waals surface area contributed by atoms with Crippen LogP contribution in [0, 0.1) is 0 Å². The predicted octanol–water partition coefficient (Wildman–Crippen LogP) is 15.2. The van der Waals surface area contributed by atoms with E-state index in [-0.39, 0.29) is 40.4 Å². The molecular formula is C58H77BrO6. The lowest BCUT2D eigenvalue weighted by Gasteiger charge is -2.42. The minimum atomic E-state index is -0.236. The number of phenols is 1. The molecule has 0 bridgehead atoms. The molecule has 0 heterocycles. The third kappa shape index (κ3) is 14.9. The van der Waals surface area contributed by atoms with E-state index in [1.165, 1.54) is 67.7 Å². The van der Waals surface area contributed by atoms with Crippen molar-refractivity contribution in [2.45, 2.75) is 167 Å². The second-order valence-electron chi connectivity index (χ2n) is 21.1. The van der Waals surface area contributed by atoms with Crippen molar-refractivity contribution < 1.29 is 28.9 Å². The molecule has 0 amide bonds. The summed E-state index contributed by atoms with van der Waals surface area (Å²) < 4.78 is 15.7. The first kappa shape index (κ1) is 53.0. The van der Waals surface area contributed by atoms with Crippen LogP contribution in [0.25, 0.3) is 0 Å². The Labute approximate surface area is 400 Å². The second-order valence-corrected chi connectivity index (χ2v) is 21.7. The summed E-state index contributed by atoms with van der Waals surface area (Å²) in [6.07, 6.45) is 9.80. The number of esters is 2. The molecule has 2 atom stereocenters. The number of allylic oxidation sites excluding steroid dienone is 4. The van der Waals surface area contributed by atoms with Crippen LogP contribution >= 0.6 is 15.9 Å². The van der Waals surface area contributed by atoms with Gasteiger partial charge in [0.1, 0.15) is 18.1 Å². The molecule has 352 valence electrons. The number of hydrogen-bond donors (Lipinski definition) is 1. The topological polar surface area (TPSA) is 82.1 Å². The lowest BCUT2D eigenvalue weighted by atomic mass is 9.63. The maximum Gasteiger partial charge on any atom is 0.306 e.